The minimum absolute atomic E-state index is 0.00988. The summed E-state index contributed by atoms with van der Waals surface area (Å²) in [6.45, 7) is 4.43. The van der Waals surface area contributed by atoms with E-state index in [4.69, 9.17) is 5.11 Å². The maximum atomic E-state index is 11.8. The number of carbonyl (C=O) groups is 1. The van der Waals surface area contributed by atoms with Gasteiger partial charge in [-0.1, -0.05) is 6.07 Å². The van der Waals surface area contributed by atoms with Crippen LogP contribution in [0.15, 0.2) is 30.6 Å². The minimum atomic E-state index is -0.322. The lowest BCUT2D eigenvalue weighted by Gasteiger charge is -2.08. The quantitative estimate of drug-likeness (QED) is 0.799. The molecular formula is C14H18N4O2. The number of carbonyl (C=O) groups excluding carboxylic acids is 1. The summed E-state index contributed by atoms with van der Waals surface area (Å²) in [7, 11) is 0. The van der Waals surface area contributed by atoms with E-state index in [1.54, 1.807) is 10.9 Å². The van der Waals surface area contributed by atoms with Crippen LogP contribution in [0.5, 0.6) is 0 Å². The molecule has 1 aromatic carbocycles. The van der Waals surface area contributed by atoms with Crippen LogP contribution in [-0.2, 0) is 6.54 Å². The van der Waals surface area contributed by atoms with Gasteiger partial charge in [0.25, 0.3) is 0 Å². The molecule has 0 radical (unpaired) electrons. The van der Waals surface area contributed by atoms with Crippen molar-refractivity contribution in [3.8, 4) is 0 Å². The van der Waals surface area contributed by atoms with Gasteiger partial charge < -0.3 is 15.7 Å². The number of benzene rings is 1. The highest BCUT2D eigenvalue weighted by molar-refractivity contribution is 5.99. The Kier molecular flexibility index (Phi) is 4.37. The summed E-state index contributed by atoms with van der Waals surface area (Å²) < 4.78 is 1.56. The zero-order chi connectivity index (χ0) is 14.5. The molecule has 0 saturated heterocycles. The van der Waals surface area contributed by atoms with Crippen molar-refractivity contribution in [3.05, 3.63) is 41.7 Å². The number of anilines is 2. The zero-order valence-corrected chi connectivity index (χ0v) is 11.6. The third-order valence-corrected chi connectivity index (χ3v) is 2.98. The lowest BCUT2D eigenvalue weighted by Crippen LogP contribution is -2.19. The second-order valence-corrected chi connectivity index (χ2v) is 4.59. The number of amides is 2. The first-order chi connectivity index (χ1) is 9.58. The molecule has 106 valence electrons. The van der Waals surface area contributed by atoms with Crippen LogP contribution >= 0.6 is 0 Å². The second-order valence-electron chi connectivity index (χ2n) is 4.59. The van der Waals surface area contributed by atoms with Gasteiger partial charge in [0.15, 0.2) is 0 Å². The van der Waals surface area contributed by atoms with E-state index in [2.05, 4.69) is 15.7 Å². The first kappa shape index (κ1) is 14.1. The lowest BCUT2D eigenvalue weighted by atomic mass is 10.1. The highest BCUT2D eigenvalue weighted by Crippen LogP contribution is 2.14. The predicted octanol–water partition coefficient (Wildman–Crippen LogP) is 2.14. The lowest BCUT2D eigenvalue weighted by molar-refractivity contribution is 0.262. The van der Waals surface area contributed by atoms with Crippen LogP contribution in [0.1, 0.15) is 11.1 Å². The van der Waals surface area contributed by atoms with Gasteiger partial charge in [0.05, 0.1) is 25.0 Å². The number of urea groups is 1. The first-order valence-electron chi connectivity index (χ1n) is 6.37. The van der Waals surface area contributed by atoms with Crippen molar-refractivity contribution in [2.45, 2.75) is 20.4 Å². The molecule has 2 aromatic rings. The number of aromatic nitrogens is 2. The summed E-state index contributed by atoms with van der Waals surface area (Å²) in [4.78, 5) is 11.8. The fourth-order valence-corrected chi connectivity index (χ4v) is 1.77. The van der Waals surface area contributed by atoms with Gasteiger partial charge in [0.1, 0.15) is 0 Å². The van der Waals surface area contributed by atoms with Gasteiger partial charge in [0.2, 0.25) is 0 Å². The molecule has 6 nitrogen and oxygen atoms in total. The number of nitrogens with one attached hydrogen (secondary N) is 2. The molecule has 2 rings (SSSR count). The number of hydrogen-bond acceptors (Lipinski definition) is 3. The molecule has 0 saturated carbocycles. The summed E-state index contributed by atoms with van der Waals surface area (Å²) >= 11 is 0. The van der Waals surface area contributed by atoms with Crippen molar-refractivity contribution in [2.75, 3.05) is 17.2 Å². The molecule has 0 fully saturated rings. The summed E-state index contributed by atoms with van der Waals surface area (Å²) in [5.41, 5.74) is 3.63. The van der Waals surface area contributed by atoms with E-state index in [9.17, 15) is 4.79 Å². The summed E-state index contributed by atoms with van der Waals surface area (Å²) in [6.07, 6.45) is 3.20. The van der Waals surface area contributed by atoms with Crippen molar-refractivity contribution >= 4 is 17.4 Å². The van der Waals surface area contributed by atoms with E-state index >= 15 is 0 Å². The average molecular weight is 274 g/mol. The molecule has 0 atom stereocenters. The van der Waals surface area contributed by atoms with Gasteiger partial charge >= 0.3 is 6.03 Å². The van der Waals surface area contributed by atoms with Crippen molar-refractivity contribution in [2.24, 2.45) is 0 Å². The number of rotatable bonds is 4. The van der Waals surface area contributed by atoms with E-state index in [-0.39, 0.29) is 12.6 Å². The molecule has 6 heteroatoms. The van der Waals surface area contributed by atoms with Crippen molar-refractivity contribution < 1.29 is 9.90 Å². The van der Waals surface area contributed by atoms with Crippen molar-refractivity contribution in [1.29, 1.82) is 0 Å². The van der Waals surface area contributed by atoms with E-state index in [0.29, 0.717) is 12.2 Å². The van der Waals surface area contributed by atoms with Crippen LogP contribution in [-0.4, -0.2) is 27.5 Å². The SMILES string of the molecule is Cc1ccc(NC(=O)Nc2cnn(CCO)c2)cc1C. The van der Waals surface area contributed by atoms with Gasteiger partial charge in [-0.05, 0) is 37.1 Å². The monoisotopic (exact) mass is 274 g/mol. The molecule has 0 aliphatic carbocycles. The fourth-order valence-electron chi connectivity index (χ4n) is 1.77. The minimum Gasteiger partial charge on any atom is -0.394 e. The predicted molar refractivity (Wildman–Crippen MR) is 77.9 cm³/mol. The van der Waals surface area contributed by atoms with Gasteiger partial charge in [-0.2, -0.15) is 5.10 Å². The Balaban J connectivity index is 1.95. The summed E-state index contributed by atoms with van der Waals surface area (Å²) in [5.74, 6) is 0. The maximum absolute atomic E-state index is 11.8. The Morgan fingerprint density at radius 1 is 1.25 bits per heavy atom. The van der Waals surface area contributed by atoms with E-state index < -0.39 is 0 Å². The zero-order valence-electron chi connectivity index (χ0n) is 11.6. The molecule has 3 N–H and O–H groups in total. The average Bonchev–Trinajstić information content (AvgIpc) is 2.81. The summed E-state index contributed by atoms with van der Waals surface area (Å²) in [5, 5.41) is 18.3. The number of aryl methyl sites for hydroxylation is 2. The van der Waals surface area contributed by atoms with E-state index in [1.807, 2.05) is 32.0 Å². The maximum Gasteiger partial charge on any atom is 0.323 e. The fraction of sp³-hybridized carbons (Fsp3) is 0.286. The molecule has 0 unspecified atom stereocenters. The topological polar surface area (TPSA) is 79.2 Å². The van der Waals surface area contributed by atoms with Gasteiger partial charge in [-0.3, -0.25) is 4.68 Å². The van der Waals surface area contributed by atoms with Crippen LogP contribution in [0.4, 0.5) is 16.2 Å². The molecule has 0 bridgehead atoms. The van der Waals surface area contributed by atoms with E-state index in [1.165, 1.54) is 11.8 Å². The molecule has 1 aromatic heterocycles. The molecule has 0 aliphatic rings. The molecule has 2 amide bonds. The highest BCUT2D eigenvalue weighted by atomic mass is 16.3. The van der Waals surface area contributed by atoms with Gasteiger partial charge in [0, 0.05) is 11.9 Å². The van der Waals surface area contributed by atoms with Gasteiger partial charge in [-0.15, -0.1) is 0 Å². The van der Waals surface area contributed by atoms with Gasteiger partial charge in [-0.25, -0.2) is 4.79 Å². The molecule has 0 aliphatic heterocycles. The Hall–Kier alpha value is -2.34. The van der Waals surface area contributed by atoms with Crippen LogP contribution < -0.4 is 10.6 Å². The van der Waals surface area contributed by atoms with Crippen LogP contribution in [0, 0.1) is 13.8 Å². The summed E-state index contributed by atoms with van der Waals surface area (Å²) in [6, 6.07) is 5.42. The third-order valence-electron chi connectivity index (χ3n) is 2.98. The third kappa shape index (κ3) is 3.58. The van der Waals surface area contributed by atoms with Crippen molar-refractivity contribution in [3.63, 3.8) is 0 Å². The smallest absolute Gasteiger partial charge is 0.323 e. The van der Waals surface area contributed by atoms with Crippen LogP contribution in [0.3, 0.4) is 0 Å². The number of nitrogens with zero attached hydrogens (tertiary/aromatic N) is 2. The molecule has 20 heavy (non-hydrogen) atoms. The molecular weight excluding hydrogens is 256 g/mol. The Labute approximate surface area is 117 Å². The molecule has 0 spiro atoms. The molecule has 1 heterocycles. The first-order valence-corrected chi connectivity index (χ1v) is 6.37. The highest BCUT2D eigenvalue weighted by Gasteiger charge is 2.05. The van der Waals surface area contributed by atoms with Crippen molar-refractivity contribution in [1.82, 2.24) is 9.78 Å². The van der Waals surface area contributed by atoms with Crippen LogP contribution in [0.25, 0.3) is 0 Å². The number of aliphatic hydroxyl groups excluding tert-OH is 1. The Bertz CT molecular complexity index is 607. The normalized spacial score (nSPS) is 10.3. The number of hydrogen-bond donors (Lipinski definition) is 3. The van der Waals surface area contributed by atoms with E-state index in [0.717, 1.165) is 11.3 Å². The largest absolute Gasteiger partial charge is 0.394 e. The standard InChI is InChI=1S/C14H18N4O2/c1-10-3-4-12(7-11(10)2)16-14(20)17-13-8-15-18(9-13)5-6-19/h3-4,7-9,19H,5-6H2,1-2H3,(H2,16,17,20). The Morgan fingerprint density at radius 2 is 2.00 bits per heavy atom. The Morgan fingerprint density at radius 3 is 2.70 bits per heavy atom. The number of aliphatic hydroxyl groups is 1. The second kappa shape index (κ2) is 6.21. The van der Waals surface area contributed by atoms with Crippen LogP contribution in [0.2, 0.25) is 0 Å².